The fourth-order valence-corrected chi connectivity index (χ4v) is 4.17. The molecule has 0 bridgehead atoms. The maximum Gasteiger partial charge on any atom is 0.153 e. The molecule has 0 spiro atoms. The minimum absolute atomic E-state index is 0.0487. The zero-order chi connectivity index (χ0) is 21.0. The van der Waals surface area contributed by atoms with Gasteiger partial charge in [-0.3, -0.25) is 4.79 Å². The SMILES string of the molecule is CC(C)(C)c1cc(-c2cccc3c2Oc2ccccc2C3(C)C)cc(C=O)c1O. The minimum atomic E-state index is -0.306. The lowest BCUT2D eigenvalue weighted by Gasteiger charge is -2.35. The van der Waals surface area contributed by atoms with Crippen LogP contribution in [-0.2, 0) is 10.8 Å². The first-order valence-corrected chi connectivity index (χ1v) is 9.88. The Morgan fingerprint density at radius 3 is 2.34 bits per heavy atom. The van der Waals surface area contributed by atoms with Crippen molar-refractivity contribution in [2.75, 3.05) is 0 Å². The number of ether oxygens (including phenoxy) is 1. The second kappa shape index (κ2) is 6.48. The molecule has 1 heterocycles. The van der Waals surface area contributed by atoms with Gasteiger partial charge in [-0.05, 0) is 29.2 Å². The Balaban J connectivity index is 1.98. The van der Waals surface area contributed by atoms with Crippen LogP contribution in [0.4, 0.5) is 0 Å². The van der Waals surface area contributed by atoms with E-state index in [1.807, 2.05) is 57.2 Å². The van der Waals surface area contributed by atoms with Gasteiger partial charge < -0.3 is 9.84 Å². The van der Waals surface area contributed by atoms with Gasteiger partial charge in [0, 0.05) is 27.7 Å². The molecule has 0 fully saturated rings. The molecule has 0 aliphatic carbocycles. The van der Waals surface area contributed by atoms with E-state index in [4.69, 9.17) is 4.74 Å². The summed E-state index contributed by atoms with van der Waals surface area (Å²) in [5, 5.41) is 10.6. The summed E-state index contributed by atoms with van der Waals surface area (Å²) in [7, 11) is 0. The van der Waals surface area contributed by atoms with Crippen LogP contribution in [0.15, 0.2) is 54.6 Å². The Labute approximate surface area is 172 Å². The number of carbonyl (C=O) groups is 1. The van der Waals surface area contributed by atoms with Crippen molar-refractivity contribution in [2.45, 2.75) is 45.4 Å². The number of benzene rings is 3. The molecule has 0 aromatic heterocycles. The number of hydrogen-bond acceptors (Lipinski definition) is 3. The Morgan fingerprint density at radius 1 is 0.966 bits per heavy atom. The zero-order valence-corrected chi connectivity index (χ0v) is 17.5. The third-order valence-corrected chi connectivity index (χ3v) is 5.85. The number of fused-ring (bicyclic) bond motifs is 2. The van der Waals surface area contributed by atoms with Gasteiger partial charge in [-0.2, -0.15) is 0 Å². The molecule has 0 unspecified atom stereocenters. The van der Waals surface area contributed by atoms with E-state index in [9.17, 15) is 9.90 Å². The lowest BCUT2D eigenvalue weighted by atomic mass is 9.74. The van der Waals surface area contributed by atoms with Crippen LogP contribution < -0.4 is 4.74 Å². The van der Waals surface area contributed by atoms with Gasteiger partial charge in [0.15, 0.2) is 6.29 Å². The molecule has 1 aliphatic heterocycles. The van der Waals surface area contributed by atoms with Crippen molar-refractivity contribution in [3.63, 3.8) is 0 Å². The molecule has 3 heteroatoms. The molecule has 0 saturated heterocycles. The highest BCUT2D eigenvalue weighted by molar-refractivity contribution is 5.86. The number of carbonyl (C=O) groups excluding carboxylic acids is 1. The number of aromatic hydroxyl groups is 1. The molecule has 3 aromatic carbocycles. The van der Waals surface area contributed by atoms with Crippen LogP contribution >= 0.6 is 0 Å². The Hall–Kier alpha value is -3.07. The standard InChI is InChI=1S/C26H26O3/c1-25(2,3)21-14-16(13-17(15-27)23(21)28)18-9-8-11-20-24(18)29-22-12-7-6-10-19(22)26(20,4)5/h6-15,28H,1-5H3. The lowest BCUT2D eigenvalue weighted by molar-refractivity contribution is 0.112. The maximum absolute atomic E-state index is 11.7. The second-order valence-corrected chi connectivity index (χ2v) is 9.23. The van der Waals surface area contributed by atoms with Crippen molar-refractivity contribution >= 4 is 6.29 Å². The van der Waals surface area contributed by atoms with E-state index in [1.54, 1.807) is 6.07 Å². The number of phenols is 1. The number of phenolic OH excluding ortho intramolecular Hbond substituents is 1. The summed E-state index contributed by atoms with van der Waals surface area (Å²) in [4.78, 5) is 11.7. The summed E-state index contributed by atoms with van der Waals surface area (Å²) in [6.07, 6.45) is 0.712. The summed E-state index contributed by atoms with van der Waals surface area (Å²) in [6.45, 7) is 10.5. The fourth-order valence-electron chi connectivity index (χ4n) is 4.17. The summed E-state index contributed by atoms with van der Waals surface area (Å²) in [5.41, 5.74) is 4.55. The monoisotopic (exact) mass is 386 g/mol. The molecule has 148 valence electrons. The van der Waals surface area contributed by atoms with E-state index in [-0.39, 0.29) is 16.6 Å². The van der Waals surface area contributed by atoms with Crippen molar-refractivity contribution in [3.8, 4) is 28.4 Å². The van der Waals surface area contributed by atoms with Gasteiger partial charge in [0.05, 0.1) is 5.56 Å². The second-order valence-electron chi connectivity index (χ2n) is 9.23. The van der Waals surface area contributed by atoms with Crippen molar-refractivity contribution in [1.29, 1.82) is 0 Å². The highest BCUT2D eigenvalue weighted by Gasteiger charge is 2.35. The summed E-state index contributed by atoms with van der Waals surface area (Å²) in [5.74, 6) is 1.70. The molecule has 4 rings (SSSR count). The minimum Gasteiger partial charge on any atom is -0.507 e. The van der Waals surface area contributed by atoms with Crippen LogP contribution in [0.3, 0.4) is 0 Å². The molecular formula is C26H26O3. The fraction of sp³-hybridized carbons (Fsp3) is 0.269. The molecule has 3 aromatic rings. The van der Waals surface area contributed by atoms with Crippen molar-refractivity contribution in [3.05, 3.63) is 76.9 Å². The largest absolute Gasteiger partial charge is 0.507 e. The van der Waals surface area contributed by atoms with Crippen LogP contribution in [0.5, 0.6) is 17.2 Å². The first-order chi connectivity index (χ1) is 13.6. The van der Waals surface area contributed by atoms with Crippen LogP contribution in [0.2, 0.25) is 0 Å². The van der Waals surface area contributed by atoms with Crippen LogP contribution in [-0.4, -0.2) is 11.4 Å². The molecule has 3 nitrogen and oxygen atoms in total. The first kappa shape index (κ1) is 19.3. The number of para-hydroxylation sites is 2. The molecule has 1 N–H and O–H groups in total. The highest BCUT2D eigenvalue weighted by Crippen LogP contribution is 2.51. The van der Waals surface area contributed by atoms with Gasteiger partial charge in [0.2, 0.25) is 0 Å². The van der Waals surface area contributed by atoms with E-state index in [1.165, 1.54) is 0 Å². The van der Waals surface area contributed by atoms with Crippen LogP contribution in [0.1, 0.15) is 61.7 Å². The maximum atomic E-state index is 11.7. The predicted octanol–water partition coefficient (Wildman–Crippen LogP) is 6.60. The van der Waals surface area contributed by atoms with E-state index in [0.29, 0.717) is 11.8 Å². The molecule has 29 heavy (non-hydrogen) atoms. The summed E-state index contributed by atoms with van der Waals surface area (Å²) in [6, 6.07) is 17.9. The average molecular weight is 386 g/mol. The Bertz CT molecular complexity index is 1120. The van der Waals surface area contributed by atoms with Crippen LogP contribution in [0, 0.1) is 0 Å². The normalized spacial score (nSPS) is 14.5. The van der Waals surface area contributed by atoms with Crippen molar-refractivity contribution in [1.82, 2.24) is 0 Å². The van der Waals surface area contributed by atoms with Crippen molar-refractivity contribution in [2.24, 2.45) is 0 Å². The molecular weight excluding hydrogens is 360 g/mol. The number of hydrogen-bond donors (Lipinski definition) is 1. The Morgan fingerprint density at radius 2 is 1.66 bits per heavy atom. The summed E-state index contributed by atoms with van der Waals surface area (Å²) < 4.78 is 6.38. The van der Waals surface area contributed by atoms with E-state index in [0.717, 1.165) is 39.3 Å². The van der Waals surface area contributed by atoms with E-state index < -0.39 is 0 Å². The van der Waals surface area contributed by atoms with Gasteiger partial charge in [0.1, 0.15) is 17.2 Å². The van der Waals surface area contributed by atoms with Gasteiger partial charge in [0.25, 0.3) is 0 Å². The first-order valence-electron chi connectivity index (χ1n) is 9.88. The predicted molar refractivity (Wildman–Crippen MR) is 116 cm³/mol. The third-order valence-electron chi connectivity index (χ3n) is 5.85. The lowest BCUT2D eigenvalue weighted by Crippen LogP contribution is -2.24. The van der Waals surface area contributed by atoms with Crippen LogP contribution in [0.25, 0.3) is 11.1 Å². The molecule has 1 aliphatic rings. The Kier molecular flexibility index (Phi) is 4.30. The zero-order valence-electron chi connectivity index (χ0n) is 17.5. The van der Waals surface area contributed by atoms with Gasteiger partial charge in [-0.15, -0.1) is 0 Å². The average Bonchev–Trinajstić information content (AvgIpc) is 2.67. The molecule has 0 amide bonds. The van der Waals surface area contributed by atoms with E-state index in [2.05, 4.69) is 26.0 Å². The third kappa shape index (κ3) is 3.02. The smallest absolute Gasteiger partial charge is 0.153 e. The number of rotatable bonds is 2. The van der Waals surface area contributed by atoms with E-state index >= 15 is 0 Å². The highest BCUT2D eigenvalue weighted by atomic mass is 16.5. The molecule has 0 saturated carbocycles. The van der Waals surface area contributed by atoms with Gasteiger partial charge >= 0.3 is 0 Å². The molecule has 0 atom stereocenters. The van der Waals surface area contributed by atoms with Gasteiger partial charge in [-0.25, -0.2) is 0 Å². The number of aldehydes is 1. The van der Waals surface area contributed by atoms with Gasteiger partial charge in [-0.1, -0.05) is 71.0 Å². The molecule has 0 radical (unpaired) electrons. The summed E-state index contributed by atoms with van der Waals surface area (Å²) >= 11 is 0. The topological polar surface area (TPSA) is 46.5 Å². The van der Waals surface area contributed by atoms with Crippen molar-refractivity contribution < 1.29 is 14.6 Å². The quantitative estimate of drug-likeness (QED) is 0.505.